The van der Waals surface area contributed by atoms with E-state index in [9.17, 15) is 14.7 Å². The molecule has 4 aromatic rings. The van der Waals surface area contributed by atoms with Crippen LogP contribution in [0.5, 0.6) is 0 Å². The summed E-state index contributed by atoms with van der Waals surface area (Å²) in [6, 6.07) is 10.9. The van der Waals surface area contributed by atoms with Crippen LogP contribution in [0.4, 0.5) is 5.69 Å². The molecule has 38 heavy (non-hydrogen) atoms. The maximum atomic E-state index is 13.7. The molecule has 0 unspecified atom stereocenters. The monoisotopic (exact) mass is 550 g/mol. The molecule has 0 saturated heterocycles. The Morgan fingerprint density at radius 3 is 2.71 bits per heavy atom. The van der Waals surface area contributed by atoms with Crippen molar-refractivity contribution in [3.05, 3.63) is 70.2 Å². The first-order valence-electron chi connectivity index (χ1n) is 11.9. The minimum Gasteiger partial charge on any atom is -0.376 e. The van der Waals surface area contributed by atoms with Crippen LogP contribution in [0, 0.1) is 0 Å². The van der Waals surface area contributed by atoms with Gasteiger partial charge in [-0.25, -0.2) is 4.98 Å². The fraction of sp³-hybridized carbons (Fsp3) is 0.259. The highest BCUT2D eigenvalue weighted by Crippen LogP contribution is 2.31. The normalized spacial score (nSPS) is 11.5. The molecule has 0 radical (unpaired) electrons. The van der Waals surface area contributed by atoms with E-state index in [1.54, 1.807) is 22.7 Å². The number of carbonyl (C=O) groups excluding carboxylic acids is 2. The van der Waals surface area contributed by atoms with Gasteiger partial charge in [0, 0.05) is 40.0 Å². The summed E-state index contributed by atoms with van der Waals surface area (Å²) in [6.07, 6.45) is 1.71. The van der Waals surface area contributed by atoms with Crippen LogP contribution in [-0.2, 0) is 6.54 Å². The van der Waals surface area contributed by atoms with E-state index in [0.717, 1.165) is 21.7 Å². The summed E-state index contributed by atoms with van der Waals surface area (Å²) in [4.78, 5) is 38.1. The summed E-state index contributed by atoms with van der Waals surface area (Å²) in [6.45, 7) is 8.97. The maximum absolute atomic E-state index is 13.7. The molecule has 4 rings (SSSR count). The van der Waals surface area contributed by atoms with E-state index >= 15 is 0 Å². The number of benzene rings is 1. The van der Waals surface area contributed by atoms with Crippen LogP contribution < -0.4 is 11.1 Å². The number of thiophene rings is 1. The molecule has 0 aliphatic carbocycles. The molecule has 3 aromatic heterocycles. The van der Waals surface area contributed by atoms with Crippen LogP contribution in [0.25, 0.3) is 16.9 Å². The Hall–Kier alpha value is -3.51. The van der Waals surface area contributed by atoms with Gasteiger partial charge in [0.25, 0.3) is 11.8 Å². The topological polar surface area (TPSA) is 125 Å². The molecule has 0 bridgehead atoms. The van der Waals surface area contributed by atoms with Gasteiger partial charge in [-0.3, -0.25) is 19.0 Å². The second kappa shape index (κ2) is 11.5. The Kier molecular flexibility index (Phi) is 8.32. The van der Waals surface area contributed by atoms with Gasteiger partial charge in [0.2, 0.25) is 0 Å². The Bertz CT molecular complexity index is 1470. The number of thioether (sulfide) groups is 1. The van der Waals surface area contributed by atoms with Gasteiger partial charge in [0.15, 0.2) is 5.65 Å². The van der Waals surface area contributed by atoms with Crippen molar-refractivity contribution in [3.63, 3.8) is 0 Å². The van der Waals surface area contributed by atoms with Crippen LogP contribution in [0.15, 0.2) is 63.2 Å². The predicted octanol–water partition coefficient (Wildman–Crippen LogP) is 4.52. The highest BCUT2D eigenvalue weighted by atomic mass is 32.2. The van der Waals surface area contributed by atoms with E-state index < -0.39 is 12.3 Å². The summed E-state index contributed by atoms with van der Waals surface area (Å²) in [7, 11) is 0. The molecule has 2 amide bonds. The van der Waals surface area contributed by atoms with E-state index in [0.29, 0.717) is 22.8 Å². The SMILES string of the molecule is C=Nc1ccc(CNC(=O)c2cccn3c(C(=O)N(CO)C(C)(C)C)c(-c4ccsc4)nc23)cc1SCN. The summed E-state index contributed by atoms with van der Waals surface area (Å²) in [5.41, 5.74) is 8.87. The zero-order valence-corrected chi connectivity index (χ0v) is 23.1. The third-order valence-corrected chi connectivity index (χ3v) is 7.46. The van der Waals surface area contributed by atoms with E-state index in [-0.39, 0.29) is 24.1 Å². The highest BCUT2D eigenvalue weighted by Gasteiger charge is 2.32. The first-order valence-corrected chi connectivity index (χ1v) is 13.8. The molecule has 9 nitrogen and oxygen atoms in total. The number of hydrogen-bond donors (Lipinski definition) is 3. The van der Waals surface area contributed by atoms with Gasteiger partial charge in [-0.05, 0) is 68.8 Å². The molecular weight excluding hydrogens is 520 g/mol. The predicted molar refractivity (Wildman–Crippen MR) is 153 cm³/mol. The third-order valence-electron chi connectivity index (χ3n) is 5.97. The number of nitrogens with two attached hydrogens (primary N) is 1. The summed E-state index contributed by atoms with van der Waals surface area (Å²) >= 11 is 2.93. The van der Waals surface area contributed by atoms with Crippen molar-refractivity contribution >= 4 is 53.0 Å². The number of fused-ring (bicyclic) bond motifs is 1. The van der Waals surface area contributed by atoms with E-state index in [2.05, 4.69) is 17.0 Å². The van der Waals surface area contributed by atoms with Crippen molar-refractivity contribution < 1.29 is 14.7 Å². The number of aliphatic imine (C=N–C) groups is 1. The van der Waals surface area contributed by atoms with Crippen LogP contribution >= 0.6 is 23.1 Å². The van der Waals surface area contributed by atoms with Gasteiger partial charge in [-0.15, -0.1) is 11.8 Å². The second-order valence-electron chi connectivity index (χ2n) is 9.44. The molecule has 0 atom stereocenters. The average molecular weight is 551 g/mol. The largest absolute Gasteiger partial charge is 0.376 e. The van der Waals surface area contributed by atoms with E-state index in [1.807, 2.05) is 55.8 Å². The van der Waals surface area contributed by atoms with Crippen molar-refractivity contribution in [2.24, 2.45) is 10.7 Å². The zero-order chi connectivity index (χ0) is 27.4. The minimum atomic E-state index is -0.630. The first kappa shape index (κ1) is 27.5. The number of aromatic nitrogens is 2. The van der Waals surface area contributed by atoms with Crippen LogP contribution in [0.1, 0.15) is 47.2 Å². The summed E-state index contributed by atoms with van der Waals surface area (Å²) < 4.78 is 1.62. The number of imidazole rings is 1. The summed E-state index contributed by atoms with van der Waals surface area (Å²) in [5.74, 6) is -0.311. The zero-order valence-electron chi connectivity index (χ0n) is 21.5. The number of amides is 2. The molecule has 0 spiro atoms. The number of hydrogen-bond acceptors (Lipinski definition) is 8. The summed E-state index contributed by atoms with van der Waals surface area (Å²) in [5, 5.41) is 16.8. The fourth-order valence-corrected chi connectivity index (χ4v) is 5.38. The number of pyridine rings is 1. The smallest absolute Gasteiger partial charge is 0.275 e. The van der Waals surface area contributed by atoms with Crippen molar-refractivity contribution in [2.45, 2.75) is 37.8 Å². The van der Waals surface area contributed by atoms with Gasteiger partial charge < -0.3 is 21.1 Å². The lowest BCUT2D eigenvalue weighted by Gasteiger charge is -2.33. The van der Waals surface area contributed by atoms with Gasteiger partial charge in [-0.1, -0.05) is 6.07 Å². The molecule has 11 heteroatoms. The lowest BCUT2D eigenvalue weighted by atomic mass is 10.1. The number of nitrogens with zero attached hydrogens (tertiary/aromatic N) is 4. The number of carbonyl (C=O) groups is 2. The highest BCUT2D eigenvalue weighted by molar-refractivity contribution is 7.99. The molecular formula is C27H30N6O3S2. The van der Waals surface area contributed by atoms with Crippen LogP contribution in [0.3, 0.4) is 0 Å². The van der Waals surface area contributed by atoms with Gasteiger partial charge >= 0.3 is 0 Å². The number of aliphatic hydroxyl groups excluding tert-OH is 1. The molecule has 4 N–H and O–H groups in total. The molecule has 0 fully saturated rings. The Labute approximate surface area is 229 Å². The van der Waals surface area contributed by atoms with E-state index in [4.69, 9.17) is 10.7 Å². The fourth-order valence-electron chi connectivity index (χ4n) is 4.04. The molecule has 0 aliphatic heterocycles. The van der Waals surface area contributed by atoms with Gasteiger partial charge in [-0.2, -0.15) is 11.3 Å². The standard InChI is InChI=1S/C27H30N6O3S2/c1-27(2,3)33(16-34)26(36)23-22(18-9-11-37-14-18)31-24-19(6-5-10-32(23)24)25(35)30-13-17-7-8-20(29-4)21(12-17)38-15-28/h5-12,14,34H,4,13,15-16,28H2,1-3H3,(H,30,35). The number of aliphatic hydroxyl groups is 1. The Morgan fingerprint density at radius 2 is 2.08 bits per heavy atom. The van der Waals surface area contributed by atoms with Crippen molar-refractivity contribution in [1.29, 1.82) is 0 Å². The lowest BCUT2D eigenvalue weighted by molar-refractivity contribution is 0.0248. The molecule has 1 aromatic carbocycles. The quantitative estimate of drug-likeness (QED) is 0.160. The molecule has 198 valence electrons. The number of nitrogens with one attached hydrogen (secondary N) is 1. The Morgan fingerprint density at radius 1 is 1.29 bits per heavy atom. The van der Waals surface area contributed by atoms with Crippen molar-refractivity contribution in [1.82, 2.24) is 19.6 Å². The van der Waals surface area contributed by atoms with Gasteiger partial charge in [0.1, 0.15) is 18.1 Å². The average Bonchev–Trinajstić information content (AvgIpc) is 3.55. The molecule has 0 aliphatic rings. The molecule has 0 saturated carbocycles. The number of rotatable bonds is 9. The van der Waals surface area contributed by atoms with Crippen LogP contribution in [0.2, 0.25) is 0 Å². The van der Waals surface area contributed by atoms with Crippen LogP contribution in [-0.4, -0.2) is 56.1 Å². The second-order valence-corrected chi connectivity index (χ2v) is 11.3. The minimum absolute atomic E-state index is 0.279. The van der Waals surface area contributed by atoms with Gasteiger partial charge in [0.05, 0.1) is 11.3 Å². The first-order chi connectivity index (χ1) is 18.2. The van der Waals surface area contributed by atoms with Crippen molar-refractivity contribution in [2.75, 3.05) is 12.6 Å². The van der Waals surface area contributed by atoms with E-state index in [1.165, 1.54) is 28.0 Å². The third kappa shape index (κ3) is 5.51. The maximum Gasteiger partial charge on any atom is 0.275 e. The Balaban J connectivity index is 1.72. The van der Waals surface area contributed by atoms with Crippen molar-refractivity contribution in [3.8, 4) is 11.3 Å². The molecule has 3 heterocycles. The lowest BCUT2D eigenvalue weighted by Crippen LogP contribution is -2.46.